The number of hydrogen-bond donors (Lipinski definition) is 2. The van der Waals surface area contributed by atoms with Gasteiger partial charge in [0.25, 0.3) is 0 Å². The van der Waals surface area contributed by atoms with Crippen molar-refractivity contribution in [2.75, 3.05) is 13.2 Å². The van der Waals surface area contributed by atoms with E-state index < -0.39 is 6.10 Å². The van der Waals surface area contributed by atoms with Gasteiger partial charge in [-0.15, -0.1) is 11.3 Å². The second kappa shape index (κ2) is 8.49. The molecule has 1 heterocycles. The summed E-state index contributed by atoms with van der Waals surface area (Å²) >= 11 is 5.22. The maximum Gasteiger partial charge on any atom is 0.0897 e. The summed E-state index contributed by atoms with van der Waals surface area (Å²) in [7, 11) is 0. The van der Waals surface area contributed by atoms with Crippen molar-refractivity contribution in [1.29, 1.82) is 0 Å². The highest BCUT2D eigenvalue weighted by molar-refractivity contribution is 9.10. The highest BCUT2D eigenvalue weighted by Crippen LogP contribution is 2.25. The summed E-state index contributed by atoms with van der Waals surface area (Å²) in [6.07, 6.45) is 4.78. The quantitative estimate of drug-likeness (QED) is 0.779. The molecule has 0 saturated heterocycles. The smallest absolute Gasteiger partial charge is 0.0897 e. The molecule has 0 bridgehead atoms. The maximum absolute atomic E-state index is 9.95. The van der Waals surface area contributed by atoms with Crippen molar-refractivity contribution in [2.45, 2.75) is 51.4 Å². The van der Waals surface area contributed by atoms with Gasteiger partial charge < -0.3 is 15.2 Å². The SMILES string of the molecule is CC1CCCC(OCC(O)CNCc2sccc2Br)C1. The molecule has 2 N–H and O–H groups in total. The first-order chi connectivity index (χ1) is 9.65. The molecular weight excluding hydrogens is 338 g/mol. The van der Waals surface area contributed by atoms with Crippen LogP contribution in [0.4, 0.5) is 0 Å². The van der Waals surface area contributed by atoms with Crippen molar-refractivity contribution < 1.29 is 9.84 Å². The highest BCUT2D eigenvalue weighted by atomic mass is 79.9. The van der Waals surface area contributed by atoms with E-state index >= 15 is 0 Å². The summed E-state index contributed by atoms with van der Waals surface area (Å²) < 4.78 is 6.97. The number of aliphatic hydroxyl groups excluding tert-OH is 1. The largest absolute Gasteiger partial charge is 0.389 e. The molecule has 20 heavy (non-hydrogen) atoms. The van der Waals surface area contributed by atoms with Crippen LogP contribution in [0.1, 0.15) is 37.5 Å². The fourth-order valence-corrected chi connectivity index (χ4v) is 4.10. The van der Waals surface area contributed by atoms with Gasteiger partial charge in [-0.1, -0.05) is 19.8 Å². The van der Waals surface area contributed by atoms with Gasteiger partial charge in [-0.2, -0.15) is 0 Å². The first-order valence-corrected chi connectivity index (χ1v) is 9.04. The lowest BCUT2D eigenvalue weighted by Gasteiger charge is -2.27. The normalized spacial score (nSPS) is 24.8. The zero-order valence-electron chi connectivity index (χ0n) is 12.0. The standard InChI is InChI=1S/C15H24BrNO2S/c1-11-3-2-4-13(7-11)19-10-12(18)8-17-9-15-14(16)5-6-20-15/h5-6,11-13,17-18H,2-4,7-10H2,1H3. The Hall–Kier alpha value is 0.0600. The van der Waals surface area contributed by atoms with E-state index in [1.807, 2.05) is 6.07 Å². The third-order valence-corrected chi connectivity index (χ3v) is 5.70. The Morgan fingerprint density at radius 1 is 1.55 bits per heavy atom. The Morgan fingerprint density at radius 3 is 3.10 bits per heavy atom. The van der Waals surface area contributed by atoms with Crippen molar-refractivity contribution in [3.63, 3.8) is 0 Å². The van der Waals surface area contributed by atoms with Gasteiger partial charge in [-0.05, 0) is 46.1 Å². The van der Waals surface area contributed by atoms with Crippen LogP contribution in [0.2, 0.25) is 0 Å². The number of thiophene rings is 1. The van der Waals surface area contributed by atoms with Crippen LogP contribution in [0.5, 0.6) is 0 Å². The molecule has 1 fully saturated rings. The fraction of sp³-hybridized carbons (Fsp3) is 0.733. The molecule has 5 heteroatoms. The van der Waals surface area contributed by atoms with Crippen LogP contribution >= 0.6 is 27.3 Å². The summed E-state index contributed by atoms with van der Waals surface area (Å²) in [5, 5.41) is 15.3. The molecular formula is C15H24BrNO2S. The average molecular weight is 362 g/mol. The lowest BCUT2D eigenvalue weighted by Crippen LogP contribution is -2.32. The van der Waals surface area contributed by atoms with Crippen LogP contribution in [0.15, 0.2) is 15.9 Å². The molecule has 1 aromatic heterocycles. The van der Waals surface area contributed by atoms with Crippen molar-refractivity contribution >= 4 is 27.3 Å². The molecule has 0 spiro atoms. The second-order valence-corrected chi connectivity index (χ2v) is 7.56. The number of halogens is 1. The van der Waals surface area contributed by atoms with E-state index in [1.54, 1.807) is 11.3 Å². The summed E-state index contributed by atoms with van der Waals surface area (Å²) in [4.78, 5) is 1.26. The summed E-state index contributed by atoms with van der Waals surface area (Å²) in [6.45, 7) is 4.09. The van der Waals surface area contributed by atoms with Gasteiger partial charge in [-0.25, -0.2) is 0 Å². The summed E-state index contributed by atoms with van der Waals surface area (Å²) in [5.74, 6) is 0.764. The molecule has 1 aliphatic carbocycles. The topological polar surface area (TPSA) is 41.5 Å². The fourth-order valence-electron chi connectivity index (χ4n) is 2.64. The highest BCUT2D eigenvalue weighted by Gasteiger charge is 2.20. The van der Waals surface area contributed by atoms with Gasteiger partial charge in [0.2, 0.25) is 0 Å². The Labute approximate surface area is 133 Å². The van der Waals surface area contributed by atoms with E-state index in [0.29, 0.717) is 19.3 Å². The molecule has 0 amide bonds. The predicted octanol–water partition coefficient (Wildman–Crippen LogP) is 3.56. The summed E-state index contributed by atoms with van der Waals surface area (Å²) in [5.41, 5.74) is 0. The van der Waals surface area contributed by atoms with Gasteiger partial charge in [0.1, 0.15) is 0 Å². The molecule has 0 aromatic carbocycles. The zero-order valence-corrected chi connectivity index (χ0v) is 14.4. The van der Waals surface area contributed by atoms with E-state index in [0.717, 1.165) is 29.8 Å². The van der Waals surface area contributed by atoms with E-state index in [9.17, 15) is 5.11 Å². The summed E-state index contributed by atoms with van der Waals surface area (Å²) in [6, 6.07) is 2.05. The molecule has 1 aromatic rings. The van der Waals surface area contributed by atoms with Crippen LogP contribution in [0, 0.1) is 5.92 Å². The number of ether oxygens (including phenoxy) is 1. The van der Waals surface area contributed by atoms with Gasteiger partial charge in [0.05, 0.1) is 18.8 Å². The lowest BCUT2D eigenvalue weighted by molar-refractivity contribution is -0.0306. The Kier molecular flexibility index (Phi) is 6.97. The van der Waals surface area contributed by atoms with E-state index in [1.165, 1.54) is 17.7 Å². The van der Waals surface area contributed by atoms with Crippen LogP contribution in [-0.2, 0) is 11.3 Å². The Bertz CT molecular complexity index is 399. The predicted molar refractivity (Wildman–Crippen MR) is 87.1 cm³/mol. The van der Waals surface area contributed by atoms with Gasteiger partial charge >= 0.3 is 0 Å². The molecule has 0 aliphatic heterocycles. The third kappa shape index (κ3) is 5.45. The first-order valence-electron chi connectivity index (χ1n) is 7.37. The number of aliphatic hydroxyl groups is 1. The number of rotatable bonds is 7. The molecule has 114 valence electrons. The molecule has 3 atom stereocenters. The van der Waals surface area contributed by atoms with Crippen LogP contribution in [-0.4, -0.2) is 30.5 Å². The second-order valence-electron chi connectivity index (χ2n) is 5.70. The van der Waals surface area contributed by atoms with E-state index in [-0.39, 0.29) is 0 Å². The molecule has 3 unspecified atom stereocenters. The molecule has 3 nitrogen and oxygen atoms in total. The van der Waals surface area contributed by atoms with Crippen molar-refractivity contribution in [1.82, 2.24) is 5.32 Å². The van der Waals surface area contributed by atoms with Crippen LogP contribution in [0.25, 0.3) is 0 Å². The monoisotopic (exact) mass is 361 g/mol. The minimum atomic E-state index is -0.425. The number of nitrogens with one attached hydrogen (secondary N) is 1. The molecule has 2 rings (SSSR count). The van der Waals surface area contributed by atoms with Crippen molar-refractivity contribution in [3.05, 3.63) is 20.8 Å². The average Bonchev–Trinajstić information content (AvgIpc) is 2.82. The van der Waals surface area contributed by atoms with Gasteiger partial charge in [-0.3, -0.25) is 0 Å². The third-order valence-electron chi connectivity index (χ3n) is 3.77. The first kappa shape index (κ1) is 16.4. The van der Waals surface area contributed by atoms with Crippen molar-refractivity contribution in [2.24, 2.45) is 5.92 Å². The van der Waals surface area contributed by atoms with Gasteiger partial charge in [0, 0.05) is 22.4 Å². The van der Waals surface area contributed by atoms with Crippen LogP contribution in [0.3, 0.4) is 0 Å². The molecule has 1 saturated carbocycles. The Balaban J connectivity index is 1.58. The van der Waals surface area contributed by atoms with Gasteiger partial charge in [0.15, 0.2) is 0 Å². The Morgan fingerprint density at radius 2 is 2.40 bits per heavy atom. The zero-order chi connectivity index (χ0) is 14.4. The lowest BCUT2D eigenvalue weighted by atomic mass is 9.89. The minimum absolute atomic E-state index is 0.347. The number of hydrogen-bond acceptors (Lipinski definition) is 4. The van der Waals surface area contributed by atoms with E-state index in [2.05, 4.69) is 33.6 Å². The van der Waals surface area contributed by atoms with Crippen LogP contribution < -0.4 is 5.32 Å². The molecule has 0 radical (unpaired) electrons. The van der Waals surface area contributed by atoms with E-state index in [4.69, 9.17) is 4.74 Å². The van der Waals surface area contributed by atoms with Crippen molar-refractivity contribution in [3.8, 4) is 0 Å². The maximum atomic E-state index is 9.95. The molecule has 1 aliphatic rings. The minimum Gasteiger partial charge on any atom is -0.389 e.